The third-order valence-corrected chi connectivity index (χ3v) is 4.64. The van der Waals surface area contributed by atoms with Crippen molar-refractivity contribution in [3.8, 4) is 5.75 Å². The van der Waals surface area contributed by atoms with Crippen molar-refractivity contribution in [2.75, 3.05) is 14.2 Å². The molecule has 102 valence electrons. The lowest BCUT2D eigenvalue weighted by molar-refractivity contribution is 0.408. The van der Waals surface area contributed by atoms with Crippen LogP contribution in [0.1, 0.15) is 27.6 Å². The molecule has 1 aromatic heterocycles. The molecule has 19 heavy (non-hydrogen) atoms. The van der Waals surface area contributed by atoms with Crippen LogP contribution in [0.5, 0.6) is 5.75 Å². The molecule has 1 heterocycles. The molecule has 0 aliphatic carbocycles. The summed E-state index contributed by atoms with van der Waals surface area (Å²) < 4.78 is 5.41. The Balaban J connectivity index is 2.51. The fourth-order valence-electron chi connectivity index (χ4n) is 2.14. The molecular formula is C15H18ClNOS. The van der Waals surface area contributed by atoms with Gasteiger partial charge in [-0.05, 0) is 55.1 Å². The topological polar surface area (TPSA) is 21.3 Å². The summed E-state index contributed by atoms with van der Waals surface area (Å²) in [5, 5.41) is 6.15. The summed E-state index contributed by atoms with van der Waals surface area (Å²) in [5.74, 6) is 0.902. The summed E-state index contributed by atoms with van der Waals surface area (Å²) in [4.78, 5) is 1.15. The van der Waals surface area contributed by atoms with Crippen LogP contribution in [0, 0.1) is 13.8 Å². The molecule has 1 unspecified atom stereocenters. The van der Waals surface area contributed by atoms with E-state index in [9.17, 15) is 0 Å². The van der Waals surface area contributed by atoms with Crippen LogP contribution in [0.25, 0.3) is 0 Å². The van der Waals surface area contributed by atoms with Crippen LogP contribution in [0.4, 0.5) is 0 Å². The fourth-order valence-corrected chi connectivity index (χ4v) is 3.45. The van der Waals surface area contributed by atoms with E-state index in [-0.39, 0.29) is 6.04 Å². The first-order chi connectivity index (χ1) is 9.08. The van der Waals surface area contributed by atoms with Crippen molar-refractivity contribution in [3.63, 3.8) is 0 Å². The normalized spacial score (nSPS) is 12.5. The van der Waals surface area contributed by atoms with E-state index in [1.165, 1.54) is 11.1 Å². The second kappa shape index (κ2) is 5.95. The van der Waals surface area contributed by atoms with Crippen molar-refractivity contribution in [2.24, 2.45) is 0 Å². The van der Waals surface area contributed by atoms with Gasteiger partial charge in [0.25, 0.3) is 0 Å². The number of halogens is 1. The average Bonchev–Trinajstić information content (AvgIpc) is 2.84. The van der Waals surface area contributed by atoms with Gasteiger partial charge in [0.2, 0.25) is 0 Å². The summed E-state index contributed by atoms with van der Waals surface area (Å²) >= 11 is 8.09. The lowest BCUT2D eigenvalue weighted by Gasteiger charge is -2.19. The number of hydrogen-bond donors (Lipinski definition) is 1. The Morgan fingerprint density at radius 2 is 1.95 bits per heavy atom. The van der Waals surface area contributed by atoms with Gasteiger partial charge in [-0.25, -0.2) is 0 Å². The Bertz CT molecular complexity index is 580. The monoisotopic (exact) mass is 295 g/mol. The molecule has 1 atom stereocenters. The average molecular weight is 296 g/mol. The van der Waals surface area contributed by atoms with Crippen LogP contribution in [0.15, 0.2) is 23.6 Å². The maximum atomic E-state index is 6.41. The van der Waals surface area contributed by atoms with Crippen molar-refractivity contribution in [3.05, 3.63) is 50.2 Å². The van der Waals surface area contributed by atoms with E-state index in [4.69, 9.17) is 16.3 Å². The van der Waals surface area contributed by atoms with Gasteiger partial charge in [-0.1, -0.05) is 17.7 Å². The number of aryl methyl sites for hydroxylation is 2. The summed E-state index contributed by atoms with van der Waals surface area (Å²) in [6.07, 6.45) is 0. The second-order valence-electron chi connectivity index (χ2n) is 4.53. The highest BCUT2D eigenvalue weighted by molar-refractivity contribution is 7.10. The molecule has 0 aliphatic heterocycles. The molecular weight excluding hydrogens is 278 g/mol. The van der Waals surface area contributed by atoms with E-state index in [0.29, 0.717) is 0 Å². The number of thiophene rings is 1. The minimum absolute atomic E-state index is 0.0572. The fraction of sp³-hybridized carbons (Fsp3) is 0.333. The molecule has 0 bridgehead atoms. The predicted molar refractivity (Wildman–Crippen MR) is 82.7 cm³/mol. The lowest BCUT2D eigenvalue weighted by Crippen LogP contribution is -2.18. The van der Waals surface area contributed by atoms with Gasteiger partial charge in [-0.2, -0.15) is 0 Å². The van der Waals surface area contributed by atoms with Crippen LogP contribution < -0.4 is 10.1 Å². The van der Waals surface area contributed by atoms with Crippen molar-refractivity contribution >= 4 is 22.9 Å². The van der Waals surface area contributed by atoms with Crippen LogP contribution in [-0.4, -0.2) is 14.2 Å². The van der Waals surface area contributed by atoms with Crippen LogP contribution in [0.2, 0.25) is 5.02 Å². The number of methoxy groups -OCH3 is 1. The molecule has 0 aliphatic rings. The Morgan fingerprint density at radius 1 is 1.26 bits per heavy atom. The summed E-state index contributed by atoms with van der Waals surface area (Å²) in [7, 11) is 3.63. The molecule has 0 saturated heterocycles. The standard InChI is InChI=1S/C15H18ClNOS/c1-9-7-11(12(16)8-10(9)2)14(17-3)15-13(18-4)5-6-19-15/h5-8,14,17H,1-4H3. The second-order valence-corrected chi connectivity index (χ2v) is 5.89. The van der Waals surface area contributed by atoms with Gasteiger partial charge in [-0.15, -0.1) is 11.3 Å². The first-order valence-corrected chi connectivity index (χ1v) is 7.39. The van der Waals surface area contributed by atoms with Crippen molar-refractivity contribution in [1.29, 1.82) is 0 Å². The Kier molecular flexibility index (Phi) is 4.50. The zero-order valence-corrected chi connectivity index (χ0v) is 13.2. The Labute approximate surface area is 123 Å². The number of rotatable bonds is 4. The maximum absolute atomic E-state index is 6.41. The van der Waals surface area contributed by atoms with Gasteiger partial charge < -0.3 is 10.1 Å². The van der Waals surface area contributed by atoms with Crippen molar-refractivity contribution in [2.45, 2.75) is 19.9 Å². The zero-order chi connectivity index (χ0) is 14.0. The van der Waals surface area contributed by atoms with Gasteiger partial charge in [0.1, 0.15) is 5.75 Å². The maximum Gasteiger partial charge on any atom is 0.134 e. The molecule has 2 nitrogen and oxygen atoms in total. The highest BCUT2D eigenvalue weighted by Gasteiger charge is 2.21. The molecule has 2 rings (SSSR count). The molecule has 2 aromatic rings. The summed E-state index contributed by atoms with van der Waals surface area (Å²) in [6, 6.07) is 6.22. The van der Waals surface area contributed by atoms with Gasteiger partial charge in [0.05, 0.1) is 18.0 Å². The number of nitrogens with one attached hydrogen (secondary N) is 1. The van der Waals surface area contributed by atoms with Gasteiger partial charge >= 0.3 is 0 Å². The van der Waals surface area contributed by atoms with Gasteiger partial charge in [-0.3, -0.25) is 0 Å². The van der Waals surface area contributed by atoms with Crippen LogP contribution in [-0.2, 0) is 0 Å². The zero-order valence-electron chi connectivity index (χ0n) is 11.6. The number of benzene rings is 1. The SMILES string of the molecule is CNC(c1cc(C)c(C)cc1Cl)c1sccc1OC. The molecule has 1 N–H and O–H groups in total. The first-order valence-electron chi connectivity index (χ1n) is 6.13. The number of hydrogen-bond acceptors (Lipinski definition) is 3. The quantitative estimate of drug-likeness (QED) is 0.906. The molecule has 0 spiro atoms. The first kappa shape index (κ1) is 14.4. The molecule has 0 amide bonds. The highest BCUT2D eigenvalue weighted by atomic mass is 35.5. The minimum Gasteiger partial charge on any atom is -0.496 e. The third kappa shape index (κ3) is 2.78. The lowest BCUT2D eigenvalue weighted by atomic mass is 9.99. The van der Waals surface area contributed by atoms with E-state index < -0.39 is 0 Å². The minimum atomic E-state index is 0.0572. The third-order valence-electron chi connectivity index (χ3n) is 3.35. The predicted octanol–water partition coefficient (Wildman–Crippen LogP) is 4.34. The van der Waals surface area contributed by atoms with E-state index in [0.717, 1.165) is 21.2 Å². The summed E-state index contributed by atoms with van der Waals surface area (Å²) in [6.45, 7) is 4.18. The smallest absolute Gasteiger partial charge is 0.134 e. The largest absolute Gasteiger partial charge is 0.496 e. The van der Waals surface area contributed by atoms with E-state index in [1.54, 1.807) is 18.4 Å². The van der Waals surface area contributed by atoms with E-state index >= 15 is 0 Å². The highest BCUT2D eigenvalue weighted by Crippen LogP contribution is 2.37. The molecule has 1 aromatic carbocycles. The Morgan fingerprint density at radius 3 is 2.58 bits per heavy atom. The van der Waals surface area contributed by atoms with E-state index in [1.807, 2.05) is 24.6 Å². The summed E-state index contributed by atoms with van der Waals surface area (Å²) in [5.41, 5.74) is 3.55. The molecule has 0 fully saturated rings. The molecule has 0 saturated carbocycles. The van der Waals surface area contributed by atoms with Crippen molar-refractivity contribution in [1.82, 2.24) is 5.32 Å². The van der Waals surface area contributed by atoms with E-state index in [2.05, 4.69) is 25.2 Å². The van der Waals surface area contributed by atoms with Crippen molar-refractivity contribution < 1.29 is 4.74 Å². The Hall–Kier alpha value is -1.03. The molecule has 0 radical (unpaired) electrons. The number of ether oxygens (including phenoxy) is 1. The molecule has 4 heteroatoms. The van der Waals surface area contributed by atoms with Gasteiger partial charge in [0.15, 0.2) is 0 Å². The van der Waals surface area contributed by atoms with Crippen LogP contribution in [0.3, 0.4) is 0 Å². The van der Waals surface area contributed by atoms with Crippen LogP contribution >= 0.6 is 22.9 Å². The van der Waals surface area contributed by atoms with Gasteiger partial charge in [0, 0.05) is 5.02 Å².